The maximum Gasteiger partial charge on any atom is 0.159 e. The molecule has 24 heavy (non-hydrogen) atoms. The number of nitrogen functional groups attached to an aromatic ring is 2. The SMILES string of the molecule is CC(C)(O)c1ncc(-c2cc(N)c(N)c(C3CCCCO3)c2)cn1. The summed E-state index contributed by atoms with van der Waals surface area (Å²) in [6.45, 7) is 4.06. The summed E-state index contributed by atoms with van der Waals surface area (Å²) in [6.07, 6.45) is 6.52. The second-order valence-corrected chi connectivity index (χ2v) is 6.78. The number of rotatable bonds is 3. The summed E-state index contributed by atoms with van der Waals surface area (Å²) < 4.78 is 5.85. The quantitative estimate of drug-likeness (QED) is 0.748. The van der Waals surface area contributed by atoms with E-state index in [2.05, 4.69) is 9.97 Å². The van der Waals surface area contributed by atoms with E-state index in [1.807, 2.05) is 12.1 Å². The first-order chi connectivity index (χ1) is 11.4. The van der Waals surface area contributed by atoms with Crippen molar-refractivity contribution < 1.29 is 9.84 Å². The highest BCUT2D eigenvalue weighted by atomic mass is 16.5. The molecule has 0 spiro atoms. The fraction of sp³-hybridized carbons (Fsp3) is 0.444. The topological polar surface area (TPSA) is 107 Å². The Morgan fingerprint density at radius 2 is 1.83 bits per heavy atom. The number of nitrogens with two attached hydrogens (primary N) is 2. The first-order valence-electron chi connectivity index (χ1n) is 8.22. The first kappa shape index (κ1) is 16.7. The molecule has 1 saturated heterocycles. The van der Waals surface area contributed by atoms with Crippen LogP contribution in [0.4, 0.5) is 11.4 Å². The van der Waals surface area contributed by atoms with Crippen LogP contribution in [0.5, 0.6) is 0 Å². The Bertz CT molecular complexity index is 717. The average molecular weight is 328 g/mol. The molecule has 0 bridgehead atoms. The van der Waals surface area contributed by atoms with Crippen molar-refractivity contribution >= 4 is 11.4 Å². The van der Waals surface area contributed by atoms with Gasteiger partial charge in [-0.05, 0) is 50.8 Å². The summed E-state index contributed by atoms with van der Waals surface area (Å²) >= 11 is 0. The van der Waals surface area contributed by atoms with Crippen LogP contribution in [-0.2, 0) is 10.3 Å². The summed E-state index contributed by atoms with van der Waals surface area (Å²) in [5.74, 6) is 0.380. The molecule has 1 aliphatic heterocycles. The Morgan fingerprint density at radius 1 is 1.12 bits per heavy atom. The van der Waals surface area contributed by atoms with Gasteiger partial charge in [-0.3, -0.25) is 0 Å². The summed E-state index contributed by atoms with van der Waals surface area (Å²) in [5.41, 5.74) is 15.0. The lowest BCUT2D eigenvalue weighted by Gasteiger charge is -2.25. The molecule has 1 aromatic heterocycles. The van der Waals surface area contributed by atoms with Crippen molar-refractivity contribution in [2.24, 2.45) is 0 Å². The van der Waals surface area contributed by atoms with Crippen LogP contribution in [0.2, 0.25) is 0 Å². The molecule has 0 saturated carbocycles. The Balaban J connectivity index is 1.97. The minimum absolute atomic E-state index is 0.0161. The number of benzene rings is 1. The number of aliphatic hydroxyl groups is 1. The van der Waals surface area contributed by atoms with Crippen LogP contribution in [0.25, 0.3) is 11.1 Å². The molecule has 6 nitrogen and oxygen atoms in total. The third-order valence-corrected chi connectivity index (χ3v) is 4.30. The van der Waals surface area contributed by atoms with E-state index < -0.39 is 5.60 Å². The van der Waals surface area contributed by atoms with Gasteiger partial charge in [0.15, 0.2) is 5.82 Å². The molecule has 5 N–H and O–H groups in total. The van der Waals surface area contributed by atoms with Crippen molar-refractivity contribution in [1.82, 2.24) is 9.97 Å². The van der Waals surface area contributed by atoms with Gasteiger partial charge in [-0.25, -0.2) is 9.97 Å². The molecule has 0 amide bonds. The fourth-order valence-electron chi connectivity index (χ4n) is 2.91. The number of hydrogen-bond acceptors (Lipinski definition) is 6. The molecular weight excluding hydrogens is 304 g/mol. The Morgan fingerprint density at radius 3 is 2.42 bits per heavy atom. The minimum Gasteiger partial charge on any atom is -0.397 e. The molecule has 6 heteroatoms. The van der Waals surface area contributed by atoms with Gasteiger partial charge in [-0.1, -0.05) is 0 Å². The molecule has 2 aromatic rings. The number of ether oxygens (including phenoxy) is 1. The third-order valence-electron chi connectivity index (χ3n) is 4.30. The standard InChI is InChI=1S/C18H24N4O2/c1-18(2,23)17-21-9-12(10-22-17)11-7-13(16(20)14(19)8-11)15-5-3-4-6-24-15/h7-10,15,23H,3-6,19-20H2,1-2H3. The lowest BCUT2D eigenvalue weighted by Crippen LogP contribution is -2.19. The van der Waals surface area contributed by atoms with Gasteiger partial charge in [0, 0.05) is 30.1 Å². The van der Waals surface area contributed by atoms with Gasteiger partial charge in [-0.2, -0.15) is 0 Å². The van der Waals surface area contributed by atoms with Crippen LogP contribution >= 0.6 is 0 Å². The van der Waals surface area contributed by atoms with Crippen LogP contribution in [0.1, 0.15) is 50.6 Å². The van der Waals surface area contributed by atoms with Crippen molar-refractivity contribution in [3.8, 4) is 11.1 Å². The maximum absolute atomic E-state index is 9.97. The predicted octanol–water partition coefficient (Wildman–Crippen LogP) is 2.78. The fourth-order valence-corrected chi connectivity index (χ4v) is 2.91. The summed E-state index contributed by atoms with van der Waals surface area (Å²) in [5, 5.41) is 9.97. The highest BCUT2D eigenvalue weighted by Crippen LogP contribution is 2.37. The highest BCUT2D eigenvalue weighted by Gasteiger charge is 2.22. The molecule has 1 atom stereocenters. The smallest absolute Gasteiger partial charge is 0.159 e. The second kappa shape index (κ2) is 6.37. The number of anilines is 2. The molecule has 0 aliphatic carbocycles. The van der Waals surface area contributed by atoms with E-state index in [1.54, 1.807) is 26.2 Å². The van der Waals surface area contributed by atoms with Crippen molar-refractivity contribution in [2.75, 3.05) is 18.1 Å². The molecule has 1 aromatic carbocycles. The number of hydrogen-bond donors (Lipinski definition) is 3. The number of nitrogens with zero attached hydrogens (tertiary/aromatic N) is 2. The lowest BCUT2D eigenvalue weighted by atomic mass is 9.95. The average Bonchev–Trinajstić information content (AvgIpc) is 2.57. The first-order valence-corrected chi connectivity index (χ1v) is 8.22. The summed E-state index contributed by atoms with van der Waals surface area (Å²) in [4.78, 5) is 8.51. The molecule has 3 rings (SSSR count). The molecule has 1 unspecified atom stereocenters. The van der Waals surface area contributed by atoms with E-state index in [9.17, 15) is 5.11 Å². The van der Waals surface area contributed by atoms with Crippen LogP contribution in [-0.4, -0.2) is 21.7 Å². The largest absolute Gasteiger partial charge is 0.397 e. The van der Waals surface area contributed by atoms with Gasteiger partial charge < -0.3 is 21.3 Å². The zero-order valence-electron chi connectivity index (χ0n) is 14.1. The minimum atomic E-state index is -1.07. The zero-order chi connectivity index (χ0) is 17.3. The molecule has 2 heterocycles. The lowest BCUT2D eigenvalue weighted by molar-refractivity contribution is 0.0154. The molecule has 1 fully saturated rings. The Hall–Kier alpha value is -2.18. The van der Waals surface area contributed by atoms with Gasteiger partial charge in [0.25, 0.3) is 0 Å². The van der Waals surface area contributed by atoms with Crippen LogP contribution in [0.15, 0.2) is 24.5 Å². The van der Waals surface area contributed by atoms with E-state index in [4.69, 9.17) is 16.2 Å². The van der Waals surface area contributed by atoms with Crippen LogP contribution in [0, 0.1) is 0 Å². The van der Waals surface area contributed by atoms with Crippen molar-refractivity contribution in [2.45, 2.75) is 44.8 Å². The zero-order valence-corrected chi connectivity index (χ0v) is 14.1. The second-order valence-electron chi connectivity index (χ2n) is 6.78. The Kier molecular flexibility index (Phi) is 4.43. The molecular formula is C18H24N4O2. The maximum atomic E-state index is 9.97. The highest BCUT2D eigenvalue weighted by molar-refractivity contribution is 5.77. The molecule has 0 radical (unpaired) electrons. The van der Waals surface area contributed by atoms with Crippen LogP contribution in [0.3, 0.4) is 0 Å². The van der Waals surface area contributed by atoms with E-state index in [1.165, 1.54) is 0 Å². The van der Waals surface area contributed by atoms with E-state index in [-0.39, 0.29) is 6.10 Å². The summed E-state index contributed by atoms with van der Waals surface area (Å²) in [6, 6.07) is 3.83. The van der Waals surface area contributed by atoms with Gasteiger partial charge >= 0.3 is 0 Å². The van der Waals surface area contributed by atoms with Crippen molar-refractivity contribution in [3.05, 3.63) is 35.9 Å². The normalized spacial score (nSPS) is 18.5. The van der Waals surface area contributed by atoms with Crippen molar-refractivity contribution in [1.29, 1.82) is 0 Å². The number of aromatic nitrogens is 2. The van der Waals surface area contributed by atoms with Gasteiger partial charge in [0.2, 0.25) is 0 Å². The third kappa shape index (κ3) is 3.34. The van der Waals surface area contributed by atoms with Gasteiger partial charge in [0.05, 0.1) is 17.5 Å². The van der Waals surface area contributed by atoms with E-state index in [0.717, 1.165) is 42.6 Å². The molecule has 128 valence electrons. The Labute approximate surface area is 141 Å². The molecule has 1 aliphatic rings. The summed E-state index contributed by atoms with van der Waals surface area (Å²) in [7, 11) is 0. The van der Waals surface area contributed by atoms with Gasteiger partial charge in [0.1, 0.15) is 5.60 Å². The van der Waals surface area contributed by atoms with E-state index >= 15 is 0 Å². The monoisotopic (exact) mass is 328 g/mol. The van der Waals surface area contributed by atoms with E-state index in [0.29, 0.717) is 17.2 Å². The van der Waals surface area contributed by atoms with Crippen LogP contribution < -0.4 is 11.5 Å². The van der Waals surface area contributed by atoms with Gasteiger partial charge in [-0.15, -0.1) is 0 Å². The van der Waals surface area contributed by atoms with Crippen molar-refractivity contribution in [3.63, 3.8) is 0 Å². The predicted molar refractivity (Wildman–Crippen MR) is 94.1 cm³/mol.